The third-order valence-corrected chi connectivity index (χ3v) is 10.7. The average Bonchev–Trinajstić information content (AvgIpc) is 3.02. The van der Waals surface area contributed by atoms with Crippen LogP contribution in [0, 0.1) is 0 Å². The Morgan fingerprint density at radius 2 is 0.488 bits per heavy atom. The summed E-state index contributed by atoms with van der Waals surface area (Å²) in [6.07, 6.45) is 57.8. The summed E-state index contributed by atoms with van der Waals surface area (Å²) in [4.78, 5) is 0.524. The molecule has 0 saturated carbocycles. The van der Waals surface area contributed by atoms with Gasteiger partial charge in [0.15, 0.2) is 0 Å². The highest BCUT2D eigenvalue weighted by Gasteiger charge is 1.99. The second kappa shape index (κ2) is 40.2. The Morgan fingerprint density at radius 3 is 0.651 bits per heavy atom. The molecule has 258 valence electrons. The van der Waals surface area contributed by atoms with Gasteiger partial charge in [0.25, 0.3) is 0 Å². The molecule has 0 spiro atoms. The van der Waals surface area contributed by atoms with Crippen molar-refractivity contribution in [1.82, 2.24) is 0 Å². The summed E-state index contributed by atoms with van der Waals surface area (Å²) in [5, 5.41) is 0. The van der Waals surface area contributed by atoms with Crippen LogP contribution in [-0.2, 0) is 0 Å². The van der Waals surface area contributed by atoms with Crippen LogP contribution in [0.1, 0.15) is 251 Å². The molecule has 0 fully saturated rings. The van der Waals surface area contributed by atoms with E-state index in [1.165, 1.54) is 244 Å². The molecular formula is C42H83Br. The molecule has 1 atom stereocenters. The molecule has 0 aliphatic carbocycles. The van der Waals surface area contributed by atoms with E-state index in [-0.39, 0.29) is 0 Å². The van der Waals surface area contributed by atoms with E-state index in [0.717, 1.165) is 0 Å². The average molecular weight is 668 g/mol. The summed E-state index contributed by atoms with van der Waals surface area (Å²) in [5.74, 6) is 0. The standard InChI is InChI=1S/C42H83Br/c1-3-5-6-7-8-9-10-11-12-13-14-15-16-17-18-19-20-21-22-23-24-25-26-27-28-29-30-31-32-33-34-35-36-37-38-39-40-41-42(43)4-2/h4,42H,2-3,5-41H2,1H3. The van der Waals surface area contributed by atoms with Crippen LogP contribution in [0.25, 0.3) is 0 Å². The van der Waals surface area contributed by atoms with Crippen molar-refractivity contribution in [3.63, 3.8) is 0 Å². The number of hydrogen-bond donors (Lipinski definition) is 0. The first-order chi connectivity index (χ1) is 21.3. The summed E-state index contributed by atoms with van der Waals surface area (Å²) >= 11 is 3.64. The van der Waals surface area contributed by atoms with Gasteiger partial charge in [-0.1, -0.05) is 267 Å². The largest absolute Gasteiger partial charge is 0.102 e. The van der Waals surface area contributed by atoms with Crippen LogP contribution in [-0.4, -0.2) is 4.83 Å². The van der Waals surface area contributed by atoms with Crippen molar-refractivity contribution in [2.24, 2.45) is 0 Å². The molecule has 0 saturated heterocycles. The Balaban J connectivity index is 3.04. The third-order valence-electron chi connectivity index (χ3n) is 9.84. The zero-order chi connectivity index (χ0) is 31.2. The molecule has 1 unspecified atom stereocenters. The van der Waals surface area contributed by atoms with Crippen molar-refractivity contribution in [1.29, 1.82) is 0 Å². The molecule has 0 heterocycles. The van der Waals surface area contributed by atoms with Gasteiger partial charge in [-0.3, -0.25) is 0 Å². The van der Waals surface area contributed by atoms with E-state index in [9.17, 15) is 0 Å². The summed E-state index contributed by atoms with van der Waals surface area (Å²) < 4.78 is 0. The smallest absolute Gasteiger partial charge is 0.0322 e. The maximum absolute atomic E-state index is 3.84. The van der Waals surface area contributed by atoms with Gasteiger partial charge in [0.2, 0.25) is 0 Å². The molecule has 0 N–H and O–H groups in total. The van der Waals surface area contributed by atoms with Gasteiger partial charge >= 0.3 is 0 Å². The van der Waals surface area contributed by atoms with Gasteiger partial charge in [0.05, 0.1) is 0 Å². The monoisotopic (exact) mass is 667 g/mol. The third kappa shape index (κ3) is 40.2. The van der Waals surface area contributed by atoms with Crippen LogP contribution < -0.4 is 0 Å². The van der Waals surface area contributed by atoms with Gasteiger partial charge in [-0.2, -0.15) is 0 Å². The second-order valence-electron chi connectivity index (χ2n) is 14.3. The molecule has 0 aromatic heterocycles. The molecule has 0 bridgehead atoms. The molecular weight excluding hydrogens is 584 g/mol. The normalized spacial score (nSPS) is 12.2. The minimum absolute atomic E-state index is 0.524. The van der Waals surface area contributed by atoms with Gasteiger partial charge in [-0.15, -0.1) is 6.58 Å². The van der Waals surface area contributed by atoms with Crippen LogP contribution in [0.15, 0.2) is 12.7 Å². The van der Waals surface area contributed by atoms with Crippen LogP contribution in [0.2, 0.25) is 0 Å². The molecule has 0 aromatic rings. The zero-order valence-corrected chi connectivity index (χ0v) is 31.7. The van der Waals surface area contributed by atoms with E-state index in [2.05, 4.69) is 29.4 Å². The lowest BCUT2D eigenvalue weighted by Crippen LogP contribution is -1.91. The zero-order valence-electron chi connectivity index (χ0n) is 30.1. The first kappa shape index (κ1) is 43.2. The predicted octanol–water partition coefficient (Wildman–Crippen LogP) is 16.8. The first-order valence-electron chi connectivity index (χ1n) is 20.6. The fourth-order valence-electron chi connectivity index (χ4n) is 6.72. The Kier molecular flexibility index (Phi) is 40.4. The molecule has 1 heteroatoms. The minimum atomic E-state index is 0.524. The maximum Gasteiger partial charge on any atom is 0.0322 e. The lowest BCUT2D eigenvalue weighted by atomic mass is 10.0. The van der Waals surface area contributed by atoms with E-state index < -0.39 is 0 Å². The van der Waals surface area contributed by atoms with Crippen molar-refractivity contribution in [3.05, 3.63) is 12.7 Å². The summed E-state index contributed by atoms with van der Waals surface area (Å²) in [7, 11) is 0. The highest BCUT2D eigenvalue weighted by Crippen LogP contribution is 2.18. The van der Waals surface area contributed by atoms with E-state index in [1.54, 1.807) is 0 Å². The van der Waals surface area contributed by atoms with Gasteiger partial charge in [0, 0.05) is 4.83 Å². The number of allylic oxidation sites excluding steroid dienone is 1. The SMILES string of the molecule is C=CC(Br)CCCCCCCCCCCCCCCCCCCCCCCCCCCCCCCCCCCCCCC. The van der Waals surface area contributed by atoms with Crippen molar-refractivity contribution < 1.29 is 0 Å². The highest BCUT2D eigenvalue weighted by atomic mass is 79.9. The topological polar surface area (TPSA) is 0 Å². The number of rotatable bonds is 39. The molecule has 0 amide bonds. The van der Waals surface area contributed by atoms with Crippen molar-refractivity contribution in [2.75, 3.05) is 0 Å². The predicted molar refractivity (Wildman–Crippen MR) is 204 cm³/mol. The van der Waals surface area contributed by atoms with E-state index in [0.29, 0.717) is 4.83 Å². The Bertz CT molecular complexity index is 485. The maximum atomic E-state index is 3.84. The fraction of sp³-hybridized carbons (Fsp3) is 0.952. The molecule has 0 aromatic carbocycles. The quantitative estimate of drug-likeness (QED) is 0.0348. The fourth-order valence-corrected chi connectivity index (χ4v) is 7.04. The van der Waals surface area contributed by atoms with Crippen LogP contribution in [0.4, 0.5) is 0 Å². The molecule has 0 aliphatic rings. The van der Waals surface area contributed by atoms with Gasteiger partial charge < -0.3 is 0 Å². The van der Waals surface area contributed by atoms with Crippen LogP contribution >= 0.6 is 15.9 Å². The van der Waals surface area contributed by atoms with E-state index >= 15 is 0 Å². The molecule has 0 aliphatic heterocycles. The van der Waals surface area contributed by atoms with Gasteiger partial charge in [-0.25, -0.2) is 0 Å². The molecule has 0 nitrogen and oxygen atoms in total. The van der Waals surface area contributed by atoms with Crippen molar-refractivity contribution in [2.45, 2.75) is 256 Å². The van der Waals surface area contributed by atoms with Crippen LogP contribution in [0.5, 0.6) is 0 Å². The van der Waals surface area contributed by atoms with E-state index in [4.69, 9.17) is 0 Å². The van der Waals surface area contributed by atoms with Crippen LogP contribution in [0.3, 0.4) is 0 Å². The number of halogens is 1. The summed E-state index contributed by atoms with van der Waals surface area (Å²) in [5.41, 5.74) is 0. The van der Waals surface area contributed by atoms with Crippen molar-refractivity contribution >= 4 is 15.9 Å². The molecule has 0 radical (unpaired) electrons. The van der Waals surface area contributed by atoms with Crippen molar-refractivity contribution in [3.8, 4) is 0 Å². The highest BCUT2D eigenvalue weighted by molar-refractivity contribution is 9.09. The van der Waals surface area contributed by atoms with E-state index in [1.807, 2.05) is 6.08 Å². The molecule has 43 heavy (non-hydrogen) atoms. The molecule has 0 rings (SSSR count). The number of alkyl halides is 1. The first-order valence-corrected chi connectivity index (χ1v) is 21.5. The lowest BCUT2D eigenvalue weighted by molar-refractivity contribution is 0.510. The van der Waals surface area contributed by atoms with Gasteiger partial charge in [-0.05, 0) is 6.42 Å². The summed E-state index contributed by atoms with van der Waals surface area (Å²) in [6, 6.07) is 0. The Morgan fingerprint density at radius 1 is 0.326 bits per heavy atom. The van der Waals surface area contributed by atoms with Gasteiger partial charge in [0.1, 0.15) is 0 Å². The summed E-state index contributed by atoms with van der Waals surface area (Å²) in [6.45, 7) is 6.15. The second-order valence-corrected chi connectivity index (χ2v) is 15.4. The minimum Gasteiger partial charge on any atom is -0.102 e. The number of hydrogen-bond acceptors (Lipinski definition) is 0. The lowest BCUT2D eigenvalue weighted by Gasteiger charge is -2.05. The Labute approximate surface area is 283 Å². The number of unbranched alkanes of at least 4 members (excludes halogenated alkanes) is 36. The Hall–Kier alpha value is 0.220.